The number of hydrogen-bond acceptors (Lipinski definition) is 6. The van der Waals surface area contributed by atoms with E-state index in [-0.39, 0.29) is 17.5 Å². The lowest BCUT2D eigenvalue weighted by molar-refractivity contribution is -0.151. The highest BCUT2D eigenvalue weighted by Gasteiger charge is 2.40. The van der Waals surface area contributed by atoms with Gasteiger partial charge in [0.05, 0.1) is 24.5 Å². The molecule has 1 aliphatic heterocycles. The number of nitrogen functional groups attached to an aromatic ring is 1. The molecule has 1 amide bonds. The van der Waals surface area contributed by atoms with Gasteiger partial charge in [-0.15, -0.1) is 5.10 Å². The Hall–Kier alpha value is -2.48. The van der Waals surface area contributed by atoms with Crippen molar-refractivity contribution in [2.24, 2.45) is 5.92 Å². The van der Waals surface area contributed by atoms with Crippen molar-refractivity contribution in [3.05, 3.63) is 24.7 Å². The van der Waals surface area contributed by atoms with Crippen LogP contribution in [0, 0.1) is 5.92 Å². The van der Waals surface area contributed by atoms with Crippen molar-refractivity contribution in [2.45, 2.75) is 64.1 Å². The van der Waals surface area contributed by atoms with Gasteiger partial charge in [-0.3, -0.25) is 9.78 Å². The molecule has 3 heterocycles. The molecule has 0 bridgehead atoms. The molecule has 29 heavy (non-hydrogen) atoms. The summed E-state index contributed by atoms with van der Waals surface area (Å²) in [5.41, 5.74) is 7.78. The fourth-order valence-corrected chi connectivity index (χ4v) is 3.85. The van der Waals surface area contributed by atoms with Crippen molar-refractivity contribution in [1.29, 1.82) is 0 Å². The second-order valence-electron chi connectivity index (χ2n) is 8.96. The Balaban J connectivity index is 1.47. The van der Waals surface area contributed by atoms with Gasteiger partial charge in [0.1, 0.15) is 11.8 Å². The van der Waals surface area contributed by atoms with Crippen LogP contribution < -0.4 is 5.73 Å². The van der Waals surface area contributed by atoms with Crippen LogP contribution in [0.3, 0.4) is 0 Å². The molecule has 8 heteroatoms. The lowest BCUT2D eigenvalue weighted by atomic mass is 9.87. The highest BCUT2D eigenvalue weighted by molar-refractivity contribution is 5.81. The molecule has 2 unspecified atom stereocenters. The maximum absolute atomic E-state index is 13.1. The molecule has 4 rings (SSSR count). The Bertz CT molecular complexity index is 876. The van der Waals surface area contributed by atoms with Gasteiger partial charge in [0.15, 0.2) is 0 Å². The number of nitrogens with zero attached hydrogens (tertiary/aromatic N) is 5. The summed E-state index contributed by atoms with van der Waals surface area (Å²) >= 11 is 0. The predicted molar refractivity (Wildman–Crippen MR) is 110 cm³/mol. The maximum Gasteiger partial charge on any atom is 0.251 e. The molecule has 2 aliphatic rings. The van der Waals surface area contributed by atoms with E-state index >= 15 is 0 Å². The van der Waals surface area contributed by atoms with Gasteiger partial charge in [-0.25, -0.2) is 4.68 Å². The Morgan fingerprint density at radius 1 is 1.34 bits per heavy atom. The van der Waals surface area contributed by atoms with Crippen LogP contribution in [0.25, 0.3) is 11.3 Å². The molecular weight excluding hydrogens is 368 g/mol. The first-order valence-corrected chi connectivity index (χ1v) is 10.4. The number of nitrogens with two attached hydrogens (primary N) is 1. The number of hydrogen-bond donors (Lipinski definition) is 1. The van der Waals surface area contributed by atoms with Crippen molar-refractivity contribution >= 4 is 11.6 Å². The number of rotatable bonds is 6. The van der Waals surface area contributed by atoms with E-state index in [1.807, 2.05) is 28.8 Å². The second kappa shape index (κ2) is 7.74. The third kappa shape index (κ3) is 4.42. The van der Waals surface area contributed by atoms with Gasteiger partial charge < -0.3 is 15.4 Å². The molecule has 0 aromatic carbocycles. The topological polar surface area (TPSA) is 99.2 Å². The van der Waals surface area contributed by atoms with Gasteiger partial charge in [0.2, 0.25) is 0 Å². The summed E-state index contributed by atoms with van der Waals surface area (Å²) < 4.78 is 7.71. The van der Waals surface area contributed by atoms with Crippen LogP contribution in [0.15, 0.2) is 24.7 Å². The van der Waals surface area contributed by atoms with Crippen LogP contribution >= 0.6 is 0 Å². The fraction of sp³-hybridized carbons (Fsp3) is 0.619. The minimum Gasteiger partial charge on any atom is -0.397 e. The molecule has 2 fully saturated rings. The number of carbonyl (C=O) groups is 1. The first-order chi connectivity index (χ1) is 13.8. The first kappa shape index (κ1) is 19.8. The van der Waals surface area contributed by atoms with Gasteiger partial charge in [-0.2, -0.15) is 0 Å². The monoisotopic (exact) mass is 398 g/mol. The smallest absolute Gasteiger partial charge is 0.251 e. The SMILES string of the molecule is CC(OCC1CC1)C(=O)N1CC(n2cc(-c3cncc(N)c3)nn2)CCC1(C)C. The summed E-state index contributed by atoms with van der Waals surface area (Å²) in [6.07, 6.45) is 9.09. The van der Waals surface area contributed by atoms with Crippen LogP contribution in [-0.4, -0.2) is 55.6 Å². The summed E-state index contributed by atoms with van der Waals surface area (Å²) in [5.74, 6) is 0.697. The molecule has 1 aliphatic carbocycles. The molecule has 1 saturated carbocycles. The molecule has 2 aromatic heterocycles. The summed E-state index contributed by atoms with van der Waals surface area (Å²) in [6, 6.07) is 1.91. The highest BCUT2D eigenvalue weighted by atomic mass is 16.5. The van der Waals surface area contributed by atoms with E-state index in [1.54, 1.807) is 12.4 Å². The van der Waals surface area contributed by atoms with Gasteiger partial charge in [0, 0.05) is 30.0 Å². The minimum absolute atomic E-state index is 0.0562. The zero-order chi connectivity index (χ0) is 20.6. The minimum atomic E-state index is -0.418. The van der Waals surface area contributed by atoms with Crippen LogP contribution in [0.4, 0.5) is 5.69 Å². The van der Waals surface area contributed by atoms with Crippen LogP contribution in [0.1, 0.15) is 52.5 Å². The van der Waals surface area contributed by atoms with Crippen molar-refractivity contribution in [1.82, 2.24) is 24.9 Å². The third-order valence-electron chi connectivity index (χ3n) is 6.05. The number of carbonyl (C=O) groups excluding carboxylic acids is 1. The van der Waals surface area contributed by atoms with E-state index in [0.717, 1.165) is 24.1 Å². The third-order valence-corrected chi connectivity index (χ3v) is 6.05. The van der Waals surface area contributed by atoms with Crippen molar-refractivity contribution in [3.63, 3.8) is 0 Å². The Morgan fingerprint density at radius 3 is 2.86 bits per heavy atom. The molecule has 0 radical (unpaired) electrons. The van der Waals surface area contributed by atoms with Crippen molar-refractivity contribution in [2.75, 3.05) is 18.9 Å². The Labute approximate surface area is 171 Å². The van der Waals surface area contributed by atoms with E-state index in [4.69, 9.17) is 10.5 Å². The van der Waals surface area contributed by atoms with Crippen LogP contribution in [0.2, 0.25) is 0 Å². The Morgan fingerprint density at radius 2 is 2.14 bits per heavy atom. The number of anilines is 1. The summed E-state index contributed by atoms with van der Waals surface area (Å²) in [5, 5.41) is 8.62. The van der Waals surface area contributed by atoms with E-state index in [9.17, 15) is 4.79 Å². The molecule has 0 spiro atoms. The average Bonchev–Trinajstić information content (AvgIpc) is 3.39. The predicted octanol–water partition coefficient (Wildman–Crippen LogP) is 2.68. The largest absolute Gasteiger partial charge is 0.397 e. The Kier molecular flexibility index (Phi) is 5.29. The van der Waals surface area contributed by atoms with Crippen molar-refractivity contribution < 1.29 is 9.53 Å². The molecular formula is C21H30N6O2. The highest BCUT2D eigenvalue weighted by Crippen LogP contribution is 2.34. The van der Waals surface area contributed by atoms with Gasteiger partial charge in [-0.05, 0) is 58.4 Å². The summed E-state index contributed by atoms with van der Waals surface area (Å²) in [4.78, 5) is 19.2. The van der Waals surface area contributed by atoms with Crippen LogP contribution in [0.5, 0.6) is 0 Å². The fourth-order valence-electron chi connectivity index (χ4n) is 3.85. The average molecular weight is 399 g/mol. The number of piperidine rings is 1. The zero-order valence-electron chi connectivity index (χ0n) is 17.4. The van der Waals surface area contributed by atoms with Crippen molar-refractivity contribution in [3.8, 4) is 11.3 Å². The van der Waals surface area contributed by atoms with E-state index in [0.29, 0.717) is 24.8 Å². The quantitative estimate of drug-likeness (QED) is 0.803. The standard InChI is InChI=1S/C21H30N6O2/c1-14(29-13-15-4-5-15)20(28)26-11-18(6-7-21(26,2)3)27-12-19(24-25-27)16-8-17(22)10-23-9-16/h8-10,12,14-15,18H,4-7,11,13,22H2,1-3H3. The normalized spacial score (nSPS) is 22.4. The van der Waals surface area contributed by atoms with E-state index < -0.39 is 6.10 Å². The number of aromatic nitrogens is 4. The molecule has 2 atom stereocenters. The molecule has 1 saturated heterocycles. The lowest BCUT2D eigenvalue weighted by Crippen LogP contribution is -2.56. The summed E-state index contributed by atoms with van der Waals surface area (Å²) in [7, 11) is 0. The van der Waals surface area contributed by atoms with E-state index in [2.05, 4.69) is 29.1 Å². The van der Waals surface area contributed by atoms with E-state index in [1.165, 1.54) is 12.8 Å². The molecule has 156 valence electrons. The van der Waals surface area contributed by atoms with Gasteiger partial charge in [0.25, 0.3) is 5.91 Å². The van der Waals surface area contributed by atoms with Gasteiger partial charge >= 0.3 is 0 Å². The zero-order valence-corrected chi connectivity index (χ0v) is 17.4. The van der Waals surface area contributed by atoms with Crippen LogP contribution in [-0.2, 0) is 9.53 Å². The molecule has 2 aromatic rings. The lowest BCUT2D eigenvalue weighted by Gasteiger charge is -2.46. The molecule has 8 nitrogen and oxygen atoms in total. The maximum atomic E-state index is 13.1. The first-order valence-electron chi connectivity index (χ1n) is 10.4. The number of ether oxygens (including phenoxy) is 1. The van der Waals surface area contributed by atoms with Gasteiger partial charge in [-0.1, -0.05) is 5.21 Å². The summed E-state index contributed by atoms with van der Waals surface area (Å²) in [6.45, 7) is 7.40. The second-order valence-corrected chi connectivity index (χ2v) is 8.96. The number of pyridine rings is 1. The molecule has 2 N–H and O–H groups in total. The number of amides is 1. The number of likely N-dealkylation sites (tertiary alicyclic amines) is 1.